The maximum atomic E-state index is 5.14. The van der Waals surface area contributed by atoms with Crippen LogP contribution in [0, 0.1) is 0 Å². The maximum absolute atomic E-state index is 5.14. The molecule has 1 aromatic carbocycles. The van der Waals surface area contributed by atoms with Crippen LogP contribution in [0.15, 0.2) is 30.3 Å². The topological polar surface area (TPSA) is 49.9 Å². The van der Waals surface area contributed by atoms with E-state index in [1.54, 1.807) is 7.11 Å². The van der Waals surface area contributed by atoms with Gasteiger partial charge in [-0.05, 0) is 44.3 Å². The zero-order chi connectivity index (χ0) is 13.0. The second-order valence-corrected chi connectivity index (χ2v) is 4.40. The van der Waals surface area contributed by atoms with E-state index in [0.29, 0.717) is 6.04 Å². The lowest BCUT2D eigenvalue weighted by Crippen LogP contribution is -2.23. The summed E-state index contributed by atoms with van der Waals surface area (Å²) in [6, 6.07) is 10.4. The SMILES string of the molecule is CNC(C)Cc1cc(-c2ccc(OC)cc2)n[nH]1. The molecule has 1 aromatic heterocycles. The van der Waals surface area contributed by atoms with Gasteiger partial charge in [0.05, 0.1) is 12.8 Å². The highest BCUT2D eigenvalue weighted by molar-refractivity contribution is 5.60. The number of H-pyrrole nitrogens is 1. The first kappa shape index (κ1) is 12.6. The summed E-state index contributed by atoms with van der Waals surface area (Å²) in [7, 11) is 3.63. The lowest BCUT2D eigenvalue weighted by Gasteiger charge is -2.06. The number of ether oxygens (including phenoxy) is 1. The molecule has 96 valence electrons. The Bertz CT molecular complexity index is 490. The summed E-state index contributed by atoms with van der Waals surface area (Å²) in [5.74, 6) is 0.860. The summed E-state index contributed by atoms with van der Waals surface area (Å²) in [5.41, 5.74) is 3.20. The van der Waals surface area contributed by atoms with E-state index in [2.05, 4.69) is 28.5 Å². The smallest absolute Gasteiger partial charge is 0.118 e. The van der Waals surface area contributed by atoms with Gasteiger partial charge in [0.15, 0.2) is 0 Å². The van der Waals surface area contributed by atoms with E-state index < -0.39 is 0 Å². The van der Waals surface area contributed by atoms with Crippen LogP contribution in [0.3, 0.4) is 0 Å². The van der Waals surface area contributed by atoms with Gasteiger partial charge >= 0.3 is 0 Å². The quantitative estimate of drug-likeness (QED) is 0.849. The van der Waals surface area contributed by atoms with Crippen molar-refractivity contribution in [1.82, 2.24) is 15.5 Å². The first-order valence-corrected chi connectivity index (χ1v) is 6.09. The van der Waals surface area contributed by atoms with E-state index in [4.69, 9.17) is 4.74 Å². The minimum absolute atomic E-state index is 0.439. The van der Waals surface area contributed by atoms with Gasteiger partial charge in [-0.3, -0.25) is 5.10 Å². The minimum Gasteiger partial charge on any atom is -0.497 e. The zero-order valence-corrected chi connectivity index (χ0v) is 11.0. The number of benzene rings is 1. The Morgan fingerprint density at radius 3 is 2.67 bits per heavy atom. The average molecular weight is 245 g/mol. The summed E-state index contributed by atoms with van der Waals surface area (Å²) in [6.07, 6.45) is 0.944. The zero-order valence-electron chi connectivity index (χ0n) is 11.0. The van der Waals surface area contributed by atoms with Crippen LogP contribution in [-0.4, -0.2) is 30.4 Å². The molecular weight excluding hydrogens is 226 g/mol. The fraction of sp³-hybridized carbons (Fsp3) is 0.357. The molecule has 2 rings (SSSR count). The molecular formula is C14H19N3O. The molecule has 4 heteroatoms. The van der Waals surface area contributed by atoms with Crippen LogP contribution in [0.2, 0.25) is 0 Å². The number of nitrogens with one attached hydrogen (secondary N) is 2. The first-order valence-electron chi connectivity index (χ1n) is 6.09. The molecule has 1 atom stereocenters. The second-order valence-electron chi connectivity index (χ2n) is 4.40. The third-order valence-corrected chi connectivity index (χ3v) is 3.04. The van der Waals surface area contributed by atoms with Gasteiger partial charge in [-0.15, -0.1) is 0 Å². The number of hydrogen-bond acceptors (Lipinski definition) is 3. The van der Waals surface area contributed by atoms with E-state index in [0.717, 1.165) is 29.1 Å². The second kappa shape index (κ2) is 5.69. The Morgan fingerprint density at radius 2 is 2.06 bits per heavy atom. The normalized spacial score (nSPS) is 12.4. The summed E-state index contributed by atoms with van der Waals surface area (Å²) >= 11 is 0. The van der Waals surface area contributed by atoms with Gasteiger partial charge in [-0.1, -0.05) is 0 Å². The summed E-state index contributed by atoms with van der Waals surface area (Å²) < 4.78 is 5.14. The monoisotopic (exact) mass is 245 g/mol. The Hall–Kier alpha value is -1.81. The van der Waals surface area contributed by atoms with Crippen molar-refractivity contribution in [2.24, 2.45) is 0 Å². The number of methoxy groups -OCH3 is 1. The maximum Gasteiger partial charge on any atom is 0.118 e. The number of likely N-dealkylation sites (N-methyl/N-ethyl adjacent to an activating group) is 1. The highest BCUT2D eigenvalue weighted by Crippen LogP contribution is 2.21. The summed E-state index contributed by atoms with van der Waals surface area (Å²) in [6.45, 7) is 2.15. The molecule has 0 fully saturated rings. The van der Waals surface area contributed by atoms with Crippen LogP contribution in [0.5, 0.6) is 5.75 Å². The van der Waals surface area contributed by atoms with Crippen LogP contribution in [0.4, 0.5) is 0 Å². The van der Waals surface area contributed by atoms with Gasteiger partial charge in [0.2, 0.25) is 0 Å². The molecule has 0 saturated heterocycles. The molecule has 2 aromatic rings. The molecule has 0 saturated carbocycles. The third-order valence-electron chi connectivity index (χ3n) is 3.04. The fourth-order valence-electron chi connectivity index (χ4n) is 1.81. The largest absolute Gasteiger partial charge is 0.497 e. The van der Waals surface area contributed by atoms with E-state index >= 15 is 0 Å². The van der Waals surface area contributed by atoms with Crippen molar-refractivity contribution in [1.29, 1.82) is 0 Å². The molecule has 1 unspecified atom stereocenters. The lowest BCUT2D eigenvalue weighted by atomic mass is 10.1. The number of nitrogens with zero attached hydrogens (tertiary/aromatic N) is 1. The molecule has 0 radical (unpaired) electrons. The molecule has 0 aliphatic carbocycles. The molecule has 4 nitrogen and oxygen atoms in total. The van der Waals surface area contributed by atoms with Crippen LogP contribution in [-0.2, 0) is 6.42 Å². The Labute approximate surface area is 107 Å². The molecule has 0 aliphatic rings. The van der Waals surface area contributed by atoms with E-state index in [1.165, 1.54) is 0 Å². The summed E-state index contributed by atoms with van der Waals surface area (Å²) in [5, 5.41) is 10.6. The summed E-state index contributed by atoms with van der Waals surface area (Å²) in [4.78, 5) is 0. The Balaban J connectivity index is 2.13. The predicted octanol–water partition coefficient (Wildman–Crippen LogP) is 2.24. The van der Waals surface area contributed by atoms with Crippen LogP contribution in [0.1, 0.15) is 12.6 Å². The number of hydrogen-bond donors (Lipinski definition) is 2. The average Bonchev–Trinajstić information content (AvgIpc) is 2.87. The highest BCUT2D eigenvalue weighted by atomic mass is 16.5. The highest BCUT2D eigenvalue weighted by Gasteiger charge is 2.06. The van der Waals surface area contributed by atoms with Crippen molar-refractivity contribution in [3.05, 3.63) is 36.0 Å². The predicted molar refractivity (Wildman–Crippen MR) is 72.8 cm³/mol. The van der Waals surface area contributed by atoms with Crippen molar-refractivity contribution in [3.63, 3.8) is 0 Å². The number of rotatable bonds is 5. The van der Waals surface area contributed by atoms with E-state index in [-0.39, 0.29) is 0 Å². The number of aromatic nitrogens is 2. The first-order chi connectivity index (χ1) is 8.72. The molecule has 2 N–H and O–H groups in total. The van der Waals surface area contributed by atoms with Gasteiger partial charge in [0.1, 0.15) is 5.75 Å². The Morgan fingerprint density at radius 1 is 1.33 bits per heavy atom. The molecule has 18 heavy (non-hydrogen) atoms. The minimum atomic E-state index is 0.439. The Kier molecular flexibility index (Phi) is 3.99. The molecule has 1 heterocycles. The molecule has 0 aliphatic heterocycles. The molecule has 0 amide bonds. The third kappa shape index (κ3) is 2.90. The lowest BCUT2D eigenvalue weighted by molar-refractivity contribution is 0.415. The van der Waals surface area contributed by atoms with Crippen molar-refractivity contribution >= 4 is 0 Å². The van der Waals surface area contributed by atoms with Gasteiger partial charge < -0.3 is 10.1 Å². The van der Waals surface area contributed by atoms with Crippen molar-refractivity contribution in [2.45, 2.75) is 19.4 Å². The van der Waals surface area contributed by atoms with Crippen LogP contribution < -0.4 is 10.1 Å². The van der Waals surface area contributed by atoms with Crippen molar-refractivity contribution in [3.8, 4) is 17.0 Å². The van der Waals surface area contributed by atoms with Gasteiger partial charge in [-0.2, -0.15) is 5.10 Å². The fourth-order valence-corrected chi connectivity index (χ4v) is 1.81. The van der Waals surface area contributed by atoms with E-state index in [1.807, 2.05) is 31.3 Å². The molecule has 0 spiro atoms. The van der Waals surface area contributed by atoms with Gasteiger partial charge in [0.25, 0.3) is 0 Å². The molecule has 0 bridgehead atoms. The standard InChI is InChI=1S/C14H19N3O/c1-10(15-2)8-12-9-14(17-16-12)11-4-6-13(18-3)7-5-11/h4-7,9-10,15H,8H2,1-3H3,(H,16,17). The van der Waals surface area contributed by atoms with Crippen LogP contribution in [0.25, 0.3) is 11.3 Å². The van der Waals surface area contributed by atoms with Crippen molar-refractivity contribution < 1.29 is 4.74 Å². The van der Waals surface area contributed by atoms with Gasteiger partial charge in [-0.25, -0.2) is 0 Å². The van der Waals surface area contributed by atoms with E-state index in [9.17, 15) is 0 Å². The van der Waals surface area contributed by atoms with Crippen molar-refractivity contribution in [2.75, 3.05) is 14.2 Å². The van der Waals surface area contributed by atoms with Crippen LogP contribution >= 0.6 is 0 Å². The van der Waals surface area contributed by atoms with Gasteiger partial charge in [0, 0.05) is 23.7 Å². The number of aromatic amines is 1.